The van der Waals surface area contributed by atoms with E-state index in [2.05, 4.69) is 0 Å². The Balaban J connectivity index is 0.000000280. The molecule has 2 unspecified atom stereocenters. The van der Waals surface area contributed by atoms with Gasteiger partial charge in [0.15, 0.2) is 11.6 Å². The van der Waals surface area contributed by atoms with E-state index in [0.29, 0.717) is 5.56 Å². The van der Waals surface area contributed by atoms with Gasteiger partial charge in [-0.2, -0.15) is 0 Å². The highest BCUT2D eigenvalue weighted by Crippen LogP contribution is 2.10. The summed E-state index contributed by atoms with van der Waals surface area (Å²) in [5, 5.41) is 16.9. The van der Waals surface area contributed by atoms with Crippen molar-refractivity contribution >= 4 is 11.9 Å². The Morgan fingerprint density at radius 3 is 1.64 bits per heavy atom. The molecule has 6 N–H and O–H groups in total. The van der Waals surface area contributed by atoms with Gasteiger partial charge in [-0.05, 0) is 48.2 Å². The van der Waals surface area contributed by atoms with E-state index < -0.39 is 47.3 Å². The van der Waals surface area contributed by atoms with Crippen LogP contribution in [0.2, 0.25) is 0 Å². The lowest BCUT2D eigenvalue weighted by molar-refractivity contribution is -0.139. The van der Waals surface area contributed by atoms with Gasteiger partial charge in [-0.15, -0.1) is 0 Å². The number of aliphatic carboxylic acids is 2. The largest absolute Gasteiger partial charge is 0.480 e. The third kappa shape index (κ3) is 7.72. The third-order valence-electron chi connectivity index (χ3n) is 3.45. The molecule has 0 amide bonds. The van der Waals surface area contributed by atoms with Crippen molar-refractivity contribution in [2.45, 2.75) is 24.9 Å². The molecule has 0 aliphatic heterocycles. The Hall–Kier alpha value is -2.98. The quantitative estimate of drug-likeness (QED) is 0.546. The summed E-state index contributed by atoms with van der Waals surface area (Å²) >= 11 is 0. The number of rotatable bonds is 6. The van der Waals surface area contributed by atoms with Gasteiger partial charge in [0.1, 0.15) is 23.7 Å². The fourth-order valence-corrected chi connectivity index (χ4v) is 2.08. The van der Waals surface area contributed by atoms with Crippen molar-refractivity contribution < 1.29 is 37.4 Å². The molecule has 2 aromatic carbocycles. The van der Waals surface area contributed by atoms with Crippen LogP contribution in [-0.2, 0) is 22.4 Å². The molecule has 2 aromatic rings. The minimum atomic E-state index is -1.20. The van der Waals surface area contributed by atoms with Crippen LogP contribution in [-0.4, -0.2) is 34.2 Å². The Kier molecular flexibility index (Phi) is 8.55. The summed E-state index contributed by atoms with van der Waals surface area (Å²) in [5.41, 5.74) is 11.0. The Morgan fingerprint density at radius 2 is 1.21 bits per heavy atom. The second kappa shape index (κ2) is 10.4. The average Bonchev–Trinajstić information content (AvgIpc) is 2.57. The summed E-state index contributed by atoms with van der Waals surface area (Å²) in [6.45, 7) is 0. The first-order valence-corrected chi connectivity index (χ1v) is 7.85. The highest BCUT2D eigenvalue weighted by Gasteiger charge is 2.14. The molecule has 0 saturated heterocycles. The van der Waals surface area contributed by atoms with Crippen molar-refractivity contribution in [1.29, 1.82) is 0 Å². The van der Waals surface area contributed by atoms with Crippen molar-refractivity contribution in [2.75, 3.05) is 0 Å². The van der Waals surface area contributed by atoms with Crippen molar-refractivity contribution in [2.24, 2.45) is 11.5 Å². The molecule has 152 valence electrons. The zero-order valence-corrected chi connectivity index (χ0v) is 14.4. The molecule has 6 nitrogen and oxygen atoms in total. The maximum absolute atomic E-state index is 12.7. The Bertz CT molecular complexity index is 828. The lowest BCUT2D eigenvalue weighted by Gasteiger charge is -2.06. The highest BCUT2D eigenvalue weighted by atomic mass is 19.2. The van der Waals surface area contributed by atoms with E-state index in [4.69, 9.17) is 21.7 Å². The zero-order valence-electron chi connectivity index (χ0n) is 14.4. The first kappa shape index (κ1) is 23.1. The topological polar surface area (TPSA) is 127 Å². The van der Waals surface area contributed by atoms with Crippen molar-refractivity contribution in [3.63, 3.8) is 0 Å². The molecule has 0 bridgehead atoms. The molecule has 0 spiro atoms. The van der Waals surface area contributed by atoms with Gasteiger partial charge in [0.25, 0.3) is 0 Å². The molecule has 0 aliphatic carbocycles. The molecular formula is C18H18F4N2O4. The molecule has 0 radical (unpaired) electrons. The minimum absolute atomic E-state index is 0.0213. The van der Waals surface area contributed by atoms with Crippen LogP contribution in [0, 0.1) is 23.3 Å². The van der Waals surface area contributed by atoms with Crippen LogP contribution in [0.25, 0.3) is 0 Å². The van der Waals surface area contributed by atoms with Gasteiger partial charge in [0.2, 0.25) is 0 Å². The molecule has 28 heavy (non-hydrogen) atoms. The number of carbonyl (C=O) groups is 2. The first-order chi connectivity index (χ1) is 13.0. The van der Waals surface area contributed by atoms with Gasteiger partial charge in [-0.1, -0.05) is 6.07 Å². The molecule has 0 fully saturated rings. The summed E-state index contributed by atoms with van der Waals surface area (Å²) < 4.78 is 50.4. The van der Waals surface area contributed by atoms with Crippen LogP contribution in [0.5, 0.6) is 0 Å². The van der Waals surface area contributed by atoms with Crippen molar-refractivity contribution in [1.82, 2.24) is 0 Å². The number of hydrogen-bond donors (Lipinski definition) is 4. The number of halogens is 4. The predicted octanol–water partition coefficient (Wildman–Crippen LogP) is 1.84. The fourth-order valence-electron chi connectivity index (χ4n) is 2.08. The van der Waals surface area contributed by atoms with Crippen molar-refractivity contribution in [3.8, 4) is 0 Å². The number of nitrogens with two attached hydrogens (primary N) is 2. The van der Waals surface area contributed by atoms with E-state index in [9.17, 15) is 27.2 Å². The molecule has 2 rings (SSSR count). The second-order valence-electron chi connectivity index (χ2n) is 5.82. The first-order valence-electron chi connectivity index (χ1n) is 7.85. The lowest BCUT2D eigenvalue weighted by atomic mass is 10.1. The van der Waals surface area contributed by atoms with Gasteiger partial charge in [0.05, 0.1) is 0 Å². The van der Waals surface area contributed by atoms with Gasteiger partial charge in [-0.3, -0.25) is 9.59 Å². The lowest BCUT2D eigenvalue weighted by Crippen LogP contribution is -2.32. The van der Waals surface area contributed by atoms with E-state index in [1.165, 1.54) is 6.07 Å². The van der Waals surface area contributed by atoms with Crippen LogP contribution in [0.15, 0.2) is 36.4 Å². The van der Waals surface area contributed by atoms with Crippen LogP contribution in [0.3, 0.4) is 0 Å². The predicted molar refractivity (Wildman–Crippen MR) is 91.3 cm³/mol. The number of hydrogen-bond acceptors (Lipinski definition) is 4. The maximum atomic E-state index is 12.7. The van der Waals surface area contributed by atoms with Gasteiger partial charge in [0, 0.05) is 6.07 Å². The van der Waals surface area contributed by atoms with Gasteiger partial charge < -0.3 is 21.7 Å². The monoisotopic (exact) mass is 402 g/mol. The van der Waals surface area contributed by atoms with Crippen LogP contribution < -0.4 is 11.5 Å². The van der Waals surface area contributed by atoms with Gasteiger partial charge >= 0.3 is 11.9 Å². The molecule has 0 aliphatic rings. The average molecular weight is 402 g/mol. The smallest absolute Gasteiger partial charge is 0.320 e. The summed E-state index contributed by atoms with van der Waals surface area (Å²) in [4.78, 5) is 20.7. The number of carboxylic acid groups (broad SMARTS) is 2. The van der Waals surface area contributed by atoms with E-state index in [0.717, 1.165) is 30.3 Å². The summed E-state index contributed by atoms with van der Waals surface area (Å²) in [6, 6.07) is 3.79. The zero-order chi connectivity index (χ0) is 21.4. The van der Waals surface area contributed by atoms with E-state index in [-0.39, 0.29) is 18.4 Å². The molecule has 0 saturated carbocycles. The molecule has 2 atom stereocenters. The molecule has 0 aromatic heterocycles. The van der Waals surface area contributed by atoms with E-state index >= 15 is 0 Å². The van der Waals surface area contributed by atoms with E-state index in [1.807, 2.05) is 0 Å². The van der Waals surface area contributed by atoms with Gasteiger partial charge in [-0.25, -0.2) is 17.6 Å². The van der Waals surface area contributed by atoms with Crippen LogP contribution in [0.1, 0.15) is 11.1 Å². The summed E-state index contributed by atoms with van der Waals surface area (Å²) in [5.74, 6) is -5.81. The second-order valence-corrected chi connectivity index (χ2v) is 5.82. The van der Waals surface area contributed by atoms with Crippen LogP contribution >= 0.6 is 0 Å². The third-order valence-corrected chi connectivity index (χ3v) is 3.45. The highest BCUT2D eigenvalue weighted by molar-refractivity contribution is 5.73. The Morgan fingerprint density at radius 1 is 0.750 bits per heavy atom. The summed E-state index contributed by atoms with van der Waals surface area (Å²) in [6.07, 6.45) is -0.115. The molecule has 10 heteroatoms. The molecule has 0 heterocycles. The normalized spacial score (nSPS) is 12.5. The fraction of sp³-hybridized carbons (Fsp3) is 0.222. The Labute approximate surface area is 157 Å². The standard InChI is InChI=1S/2C9H9F2NO2/c10-6-1-5(2-7(11)4-6)3-8(12)9(13)14;10-6-2-1-5(3-7(6)11)4-8(12)9(13)14/h1-2,4,8H,3,12H2,(H,13,14);1-3,8H,4,12H2,(H,13,14). The van der Waals surface area contributed by atoms with Crippen molar-refractivity contribution in [3.05, 3.63) is 70.8 Å². The minimum Gasteiger partial charge on any atom is -0.480 e. The van der Waals surface area contributed by atoms with Crippen LogP contribution in [0.4, 0.5) is 17.6 Å². The number of benzene rings is 2. The maximum Gasteiger partial charge on any atom is 0.320 e. The van der Waals surface area contributed by atoms with E-state index in [1.54, 1.807) is 0 Å². The molecular weight excluding hydrogens is 384 g/mol. The number of carboxylic acids is 2. The summed E-state index contributed by atoms with van der Waals surface area (Å²) in [7, 11) is 0. The SMILES string of the molecule is NC(Cc1cc(F)cc(F)c1)C(=O)O.NC(Cc1ccc(F)c(F)c1)C(=O)O.